The van der Waals surface area contributed by atoms with Gasteiger partial charge in [-0.2, -0.15) is 0 Å². The fourth-order valence-corrected chi connectivity index (χ4v) is 2.33. The maximum atomic E-state index is 13.0. The van der Waals surface area contributed by atoms with Gasteiger partial charge in [0.05, 0.1) is 5.69 Å². The number of aromatic nitrogens is 1. The van der Waals surface area contributed by atoms with Crippen LogP contribution >= 0.6 is 0 Å². The van der Waals surface area contributed by atoms with Crippen LogP contribution in [0, 0.1) is 5.82 Å². The largest absolute Gasteiger partial charge is 0.329 e. The molecular weight excluding hydrogens is 265 g/mol. The lowest BCUT2D eigenvalue weighted by Crippen LogP contribution is -2.51. The van der Waals surface area contributed by atoms with Crippen LogP contribution in [-0.2, 0) is 13.0 Å². The number of nitrogens with two attached hydrogens (primary N) is 1. The number of hydrogen-bond donors (Lipinski definition) is 1. The Morgan fingerprint density at radius 2 is 1.90 bits per heavy atom. The second-order valence-electron chi connectivity index (χ2n) is 5.68. The van der Waals surface area contributed by atoms with Crippen molar-refractivity contribution in [3.8, 4) is 0 Å². The van der Waals surface area contributed by atoms with Gasteiger partial charge in [-0.05, 0) is 50.2 Å². The second kappa shape index (κ2) is 6.78. The number of benzene rings is 1. The van der Waals surface area contributed by atoms with Crippen molar-refractivity contribution in [3.63, 3.8) is 0 Å². The molecule has 0 aliphatic carbocycles. The molecule has 1 unspecified atom stereocenters. The maximum Gasteiger partial charge on any atom is 0.123 e. The van der Waals surface area contributed by atoms with Crippen LogP contribution < -0.4 is 5.73 Å². The molecule has 0 saturated carbocycles. The summed E-state index contributed by atoms with van der Waals surface area (Å²) < 4.78 is 13.0. The number of rotatable bonds is 6. The first-order valence-corrected chi connectivity index (χ1v) is 7.09. The molecule has 4 heteroatoms. The molecule has 0 saturated heterocycles. The molecule has 1 aromatic heterocycles. The van der Waals surface area contributed by atoms with E-state index in [-0.39, 0.29) is 11.4 Å². The van der Waals surface area contributed by atoms with Gasteiger partial charge in [0, 0.05) is 24.8 Å². The van der Waals surface area contributed by atoms with Crippen LogP contribution in [-0.4, -0.2) is 29.0 Å². The van der Waals surface area contributed by atoms with Gasteiger partial charge >= 0.3 is 0 Å². The van der Waals surface area contributed by atoms with Crippen LogP contribution in [0.25, 0.3) is 0 Å². The minimum atomic E-state index is -0.213. The van der Waals surface area contributed by atoms with Crippen molar-refractivity contribution in [3.05, 3.63) is 65.7 Å². The molecule has 2 N–H and O–H groups in total. The summed E-state index contributed by atoms with van der Waals surface area (Å²) in [6.07, 6.45) is 2.57. The van der Waals surface area contributed by atoms with Crippen molar-refractivity contribution in [2.75, 3.05) is 13.6 Å². The van der Waals surface area contributed by atoms with Crippen molar-refractivity contribution in [2.24, 2.45) is 5.73 Å². The summed E-state index contributed by atoms with van der Waals surface area (Å²) in [6, 6.07) is 12.5. The number of halogens is 1. The lowest BCUT2D eigenvalue weighted by atomic mass is 9.91. The second-order valence-corrected chi connectivity index (χ2v) is 5.68. The normalized spacial score (nSPS) is 14.1. The lowest BCUT2D eigenvalue weighted by Gasteiger charge is -2.38. The molecule has 0 aliphatic heterocycles. The topological polar surface area (TPSA) is 42.2 Å². The van der Waals surface area contributed by atoms with E-state index in [1.54, 1.807) is 6.20 Å². The van der Waals surface area contributed by atoms with Crippen LogP contribution in [0.5, 0.6) is 0 Å². The molecule has 0 bridgehead atoms. The quantitative estimate of drug-likeness (QED) is 0.888. The van der Waals surface area contributed by atoms with E-state index in [2.05, 4.69) is 16.8 Å². The van der Waals surface area contributed by atoms with E-state index < -0.39 is 0 Å². The monoisotopic (exact) mass is 287 g/mol. The number of nitrogens with zero attached hydrogens (tertiary/aromatic N) is 2. The van der Waals surface area contributed by atoms with Crippen molar-refractivity contribution in [2.45, 2.75) is 25.4 Å². The molecule has 0 amide bonds. The Hall–Kier alpha value is -1.78. The summed E-state index contributed by atoms with van der Waals surface area (Å²) in [5.74, 6) is -0.213. The summed E-state index contributed by atoms with van der Waals surface area (Å²) in [5, 5.41) is 0. The number of likely N-dealkylation sites (N-methyl/N-ethyl adjacent to an activating group) is 1. The molecule has 1 aromatic carbocycles. The molecule has 0 fully saturated rings. The highest BCUT2D eigenvalue weighted by Crippen LogP contribution is 2.20. The zero-order valence-electron chi connectivity index (χ0n) is 12.6. The molecule has 0 radical (unpaired) electrons. The molecule has 21 heavy (non-hydrogen) atoms. The Labute approximate surface area is 125 Å². The third-order valence-electron chi connectivity index (χ3n) is 3.98. The van der Waals surface area contributed by atoms with Crippen molar-refractivity contribution < 1.29 is 4.39 Å². The highest BCUT2D eigenvalue weighted by Gasteiger charge is 2.28. The van der Waals surface area contributed by atoms with E-state index in [1.807, 2.05) is 37.4 Å². The van der Waals surface area contributed by atoms with Gasteiger partial charge in [-0.25, -0.2) is 4.39 Å². The average Bonchev–Trinajstić information content (AvgIpc) is 2.50. The standard InChI is InChI=1S/C17H22FN3/c1-17(13-19,11-14-6-8-15(18)9-7-14)21(2)12-16-5-3-4-10-20-16/h3-10H,11-13,19H2,1-2H3. The van der Waals surface area contributed by atoms with Gasteiger partial charge in [0.1, 0.15) is 5.82 Å². The molecule has 112 valence electrons. The predicted molar refractivity (Wildman–Crippen MR) is 83.3 cm³/mol. The Kier molecular flexibility index (Phi) is 5.04. The Balaban J connectivity index is 2.10. The Morgan fingerprint density at radius 3 is 2.48 bits per heavy atom. The highest BCUT2D eigenvalue weighted by atomic mass is 19.1. The van der Waals surface area contributed by atoms with Gasteiger partial charge in [0.15, 0.2) is 0 Å². The summed E-state index contributed by atoms with van der Waals surface area (Å²) in [6.45, 7) is 3.38. The first-order valence-electron chi connectivity index (χ1n) is 7.09. The predicted octanol–water partition coefficient (Wildman–Crippen LogP) is 2.61. The van der Waals surface area contributed by atoms with E-state index in [9.17, 15) is 4.39 Å². The minimum Gasteiger partial charge on any atom is -0.329 e. The number of hydrogen-bond acceptors (Lipinski definition) is 3. The first-order chi connectivity index (χ1) is 10.0. The summed E-state index contributed by atoms with van der Waals surface area (Å²) >= 11 is 0. The smallest absolute Gasteiger partial charge is 0.123 e. The molecule has 3 nitrogen and oxygen atoms in total. The third kappa shape index (κ3) is 4.09. The van der Waals surface area contributed by atoms with Gasteiger partial charge in [-0.3, -0.25) is 9.88 Å². The zero-order valence-corrected chi connectivity index (χ0v) is 12.6. The van der Waals surface area contributed by atoms with Gasteiger partial charge in [0.25, 0.3) is 0 Å². The van der Waals surface area contributed by atoms with E-state index in [0.717, 1.165) is 24.2 Å². The van der Waals surface area contributed by atoms with Crippen molar-refractivity contribution in [1.82, 2.24) is 9.88 Å². The van der Waals surface area contributed by atoms with Crippen molar-refractivity contribution >= 4 is 0 Å². The van der Waals surface area contributed by atoms with Crippen molar-refractivity contribution in [1.29, 1.82) is 0 Å². The fraction of sp³-hybridized carbons (Fsp3) is 0.353. The SMILES string of the molecule is CN(Cc1ccccn1)C(C)(CN)Cc1ccc(F)cc1. The van der Waals surface area contributed by atoms with Crippen LogP contribution in [0.4, 0.5) is 4.39 Å². The van der Waals surface area contributed by atoms with E-state index >= 15 is 0 Å². The first kappa shape index (κ1) is 15.6. The number of pyridine rings is 1. The van der Waals surface area contributed by atoms with E-state index in [4.69, 9.17) is 5.73 Å². The Morgan fingerprint density at radius 1 is 1.19 bits per heavy atom. The van der Waals surface area contributed by atoms with E-state index in [1.165, 1.54) is 12.1 Å². The van der Waals surface area contributed by atoms with Crippen LogP contribution in [0.3, 0.4) is 0 Å². The Bertz CT molecular complexity index is 556. The van der Waals surface area contributed by atoms with Crippen LogP contribution in [0.15, 0.2) is 48.7 Å². The summed E-state index contributed by atoms with van der Waals surface area (Å²) in [7, 11) is 2.05. The minimum absolute atomic E-state index is 0.199. The summed E-state index contributed by atoms with van der Waals surface area (Å²) in [5.41, 5.74) is 7.90. The summed E-state index contributed by atoms with van der Waals surface area (Å²) in [4.78, 5) is 6.56. The molecule has 1 heterocycles. The zero-order chi connectivity index (χ0) is 15.3. The lowest BCUT2D eigenvalue weighted by molar-refractivity contribution is 0.134. The third-order valence-corrected chi connectivity index (χ3v) is 3.98. The molecule has 2 rings (SSSR count). The average molecular weight is 287 g/mol. The van der Waals surface area contributed by atoms with Gasteiger partial charge in [-0.15, -0.1) is 0 Å². The molecule has 0 spiro atoms. The van der Waals surface area contributed by atoms with Gasteiger partial charge in [0.2, 0.25) is 0 Å². The van der Waals surface area contributed by atoms with Gasteiger partial charge < -0.3 is 5.73 Å². The molecule has 1 atom stereocenters. The maximum absolute atomic E-state index is 13.0. The fourth-order valence-electron chi connectivity index (χ4n) is 2.33. The molecular formula is C17H22FN3. The van der Waals surface area contributed by atoms with Crippen LogP contribution in [0.2, 0.25) is 0 Å². The highest BCUT2D eigenvalue weighted by molar-refractivity contribution is 5.19. The van der Waals surface area contributed by atoms with E-state index in [0.29, 0.717) is 6.54 Å². The molecule has 0 aliphatic rings. The molecule has 2 aromatic rings. The van der Waals surface area contributed by atoms with Gasteiger partial charge in [-0.1, -0.05) is 18.2 Å². The van der Waals surface area contributed by atoms with Crippen LogP contribution in [0.1, 0.15) is 18.2 Å².